The molecule has 0 saturated carbocycles. The Bertz CT molecular complexity index is 885. The van der Waals surface area contributed by atoms with Crippen LogP contribution in [0.25, 0.3) is 16.6 Å². The van der Waals surface area contributed by atoms with Crippen LogP contribution in [0.5, 0.6) is 5.75 Å². The highest BCUT2D eigenvalue weighted by Crippen LogP contribution is 2.32. The number of hydrogen-bond acceptors (Lipinski definition) is 4. The van der Waals surface area contributed by atoms with Crippen LogP contribution in [0, 0.1) is 6.92 Å². The average molecular weight is 338 g/mol. The van der Waals surface area contributed by atoms with E-state index in [1.54, 1.807) is 13.3 Å². The van der Waals surface area contributed by atoms with Crippen molar-refractivity contribution in [3.63, 3.8) is 0 Å². The zero-order valence-corrected chi connectivity index (χ0v) is 14.8. The maximum absolute atomic E-state index is 11.8. The molecule has 5 nitrogen and oxygen atoms in total. The molecular weight excluding hydrogens is 316 g/mol. The fourth-order valence-electron chi connectivity index (χ4n) is 3.18. The van der Waals surface area contributed by atoms with Gasteiger partial charge in [-0.1, -0.05) is 0 Å². The Kier molecular flexibility index (Phi) is 5.03. The molecule has 2 heterocycles. The molecule has 0 fully saturated rings. The summed E-state index contributed by atoms with van der Waals surface area (Å²) in [5, 5.41) is 1.09. The highest BCUT2D eigenvalue weighted by Gasteiger charge is 2.17. The van der Waals surface area contributed by atoms with E-state index in [-0.39, 0.29) is 5.97 Å². The summed E-state index contributed by atoms with van der Waals surface area (Å²) in [6.07, 6.45) is 4.58. The Labute approximate surface area is 147 Å². The Morgan fingerprint density at radius 2 is 2.12 bits per heavy atom. The van der Waals surface area contributed by atoms with Gasteiger partial charge in [0, 0.05) is 23.7 Å². The molecule has 25 heavy (non-hydrogen) atoms. The summed E-state index contributed by atoms with van der Waals surface area (Å²) in [7, 11) is 1.66. The quantitative estimate of drug-likeness (QED) is 0.641. The van der Waals surface area contributed by atoms with E-state index < -0.39 is 0 Å². The summed E-state index contributed by atoms with van der Waals surface area (Å²) >= 11 is 0. The number of aromatic nitrogens is 2. The first-order chi connectivity index (χ1) is 12.2. The average Bonchev–Trinajstić information content (AvgIpc) is 2.91. The molecule has 2 aromatic heterocycles. The molecule has 0 spiro atoms. The lowest BCUT2D eigenvalue weighted by atomic mass is 10.1. The van der Waals surface area contributed by atoms with E-state index in [2.05, 4.69) is 16.5 Å². The number of carbonyl (C=O) groups excluding carboxylic acids is 1. The monoisotopic (exact) mass is 338 g/mol. The summed E-state index contributed by atoms with van der Waals surface area (Å²) in [5.41, 5.74) is 4.30. The Balaban J connectivity index is 2.11. The molecule has 0 atom stereocenters. The number of methoxy groups -OCH3 is 1. The summed E-state index contributed by atoms with van der Waals surface area (Å²) in [6, 6.07) is 9.96. The molecule has 0 aliphatic rings. The van der Waals surface area contributed by atoms with Crippen molar-refractivity contribution in [1.82, 2.24) is 9.55 Å². The molecule has 1 aromatic carbocycles. The predicted molar refractivity (Wildman–Crippen MR) is 97.3 cm³/mol. The minimum Gasteiger partial charge on any atom is -0.497 e. The molecule has 0 aliphatic heterocycles. The van der Waals surface area contributed by atoms with Gasteiger partial charge in [-0.25, -0.2) is 0 Å². The summed E-state index contributed by atoms with van der Waals surface area (Å²) in [5.74, 6) is 0.625. The van der Waals surface area contributed by atoms with Crippen LogP contribution < -0.4 is 4.74 Å². The lowest BCUT2D eigenvalue weighted by Crippen LogP contribution is -2.06. The largest absolute Gasteiger partial charge is 0.497 e. The Hall–Kier alpha value is -2.82. The number of rotatable bonds is 6. The minimum absolute atomic E-state index is 0.174. The van der Waals surface area contributed by atoms with Gasteiger partial charge in [-0.15, -0.1) is 0 Å². The number of esters is 1. The molecule has 0 saturated heterocycles. The predicted octanol–water partition coefficient (Wildman–Crippen LogP) is 3.84. The van der Waals surface area contributed by atoms with Crippen molar-refractivity contribution in [3.05, 3.63) is 54.0 Å². The van der Waals surface area contributed by atoms with Crippen LogP contribution in [0.1, 0.15) is 24.6 Å². The van der Waals surface area contributed by atoms with Crippen LogP contribution >= 0.6 is 0 Å². The standard InChI is InChI=1S/C20H22N2O3/c1-4-25-20(23)10-8-17-14(2)22(15-6-5-11-21-13-15)19-9-7-16(24-3)12-18(17)19/h5-7,9,11-13H,4,8,10H2,1-3H3. The van der Waals surface area contributed by atoms with E-state index >= 15 is 0 Å². The van der Waals surface area contributed by atoms with Crippen molar-refractivity contribution in [2.75, 3.05) is 13.7 Å². The van der Waals surface area contributed by atoms with E-state index in [1.807, 2.05) is 43.5 Å². The molecule has 5 heteroatoms. The number of fused-ring (bicyclic) bond motifs is 1. The first kappa shape index (κ1) is 17.0. The Morgan fingerprint density at radius 3 is 2.80 bits per heavy atom. The van der Waals surface area contributed by atoms with Crippen LogP contribution in [0.4, 0.5) is 0 Å². The molecule has 0 N–H and O–H groups in total. The van der Waals surface area contributed by atoms with Gasteiger partial charge in [0.1, 0.15) is 5.75 Å². The molecule has 0 aliphatic carbocycles. The van der Waals surface area contributed by atoms with Crippen LogP contribution in [-0.4, -0.2) is 29.2 Å². The van der Waals surface area contributed by atoms with E-state index in [1.165, 1.54) is 0 Å². The van der Waals surface area contributed by atoms with Gasteiger partial charge < -0.3 is 14.0 Å². The Morgan fingerprint density at radius 1 is 1.28 bits per heavy atom. The topological polar surface area (TPSA) is 53.4 Å². The summed E-state index contributed by atoms with van der Waals surface area (Å²) in [6.45, 7) is 4.30. The van der Waals surface area contributed by atoms with Gasteiger partial charge in [0.05, 0.1) is 31.1 Å². The molecule has 0 radical (unpaired) electrons. The number of carbonyl (C=O) groups is 1. The van der Waals surface area contributed by atoms with Crippen LogP contribution in [-0.2, 0) is 16.0 Å². The molecule has 0 bridgehead atoms. The molecule has 0 amide bonds. The second-order valence-electron chi connectivity index (χ2n) is 5.80. The van der Waals surface area contributed by atoms with Crippen molar-refractivity contribution in [2.24, 2.45) is 0 Å². The number of hydrogen-bond donors (Lipinski definition) is 0. The van der Waals surface area contributed by atoms with Gasteiger partial charge in [-0.3, -0.25) is 9.78 Å². The van der Waals surface area contributed by atoms with E-state index in [0.29, 0.717) is 19.4 Å². The SMILES string of the molecule is CCOC(=O)CCc1c(C)n(-c2cccnc2)c2ccc(OC)cc12. The first-order valence-corrected chi connectivity index (χ1v) is 8.39. The second kappa shape index (κ2) is 7.38. The minimum atomic E-state index is -0.174. The third kappa shape index (κ3) is 3.36. The third-order valence-electron chi connectivity index (χ3n) is 4.33. The number of aryl methyl sites for hydroxylation is 1. The van der Waals surface area contributed by atoms with Gasteiger partial charge in [0.2, 0.25) is 0 Å². The van der Waals surface area contributed by atoms with Crippen LogP contribution in [0.2, 0.25) is 0 Å². The number of nitrogens with zero attached hydrogens (tertiary/aromatic N) is 2. The zero-order chi connectivity index (χ0) is 17.8. The van der Waals surface area contributed by atoms with Gasteiger partial charge in [0.15, 0.2) is 0 Å². The fraction of sp³-hybridized carbons (Fsp3) is 0.300. The van der Waals surface area contributed by atoms with Crippen molar-refractivity contribution < 1.29 is 14.3 Å². The van der Waals surface area contributed by atoms with Crippen LogP contribution in [0.15, 0.2) is 42.7 Å². The highest BCUT2D eigenvalue weighted by atomic mass is 16.5. The van der Waals surface area contributed by atoms with Crippen LogP contribution in [0.3, 0.4) is 0 Å². The fourth-order valence-corrected chi connectivity index (χ4v) is 3.18. The highest BCUT2D eigenvalue weighted by molar-refractivity contribution is 5.89. The molecule has 130 valence electrons. The van der Waals surface area contributed by atoms with Crippen molar-refractivity contribution in [3.8, 4) is 11.4 Å². The van der Waals surface area contributed by atoms with Crippen molar-refractivity contribution >= 4 is 16.9 Å². The molecule has 3 rings (SSSR count). The first-order valence-electron chi connectivity index (χ1n) is 8.39. The van der Waals surface area contributed by atoms with E-state index in [9.17, 15) is 4.79 Å². The third-order valence-corrected chi connectivity index (χ3v) is 4.33. The molecule has 3 aromatic rings. The van der Waals surface area contributed by atoms with Gasteiger partial charge in [-0.05, 0) is 56.2 Å². The lowest BCUT2D eigenvalue weighted by molar-refractivity contribution is -0.143. The molecular formula is C20H22N2O3. The second-order valence-corrected chi connectivity index (χ2v) is 5.80. The summed E-state index contributed by atoms with van der Waals surface area (Å²) < 4.78 is 12.6. The normalized spacial score (nSPS) is 10.8. The van der Waals surface area contributed by atoms with Gasteiger partial charge >= 0.3 is 5.97 Å². The lowest BCUT2D eigenvalue weighted by Gasteiger charge is -2.08. The van der Waals surface area contributed by atoms with Crippen molar-refractivity contribution in [1.29, 1.82) is 0 Å². The maximum Gasteiger partial charge on any atom is 0.306 e. The maximum atomic E-state index is 11.8. The number of pyridine rings is 1. The number of benzene rings is 1. The number of ether oxygens (including phenoxy) is 2. The smallest absolute Gasteiger partial charge is 0.306 e. The summed E-state index contributed by atoms with van der Waals surface area (Å²) in [4.78, 5) is 16.0. The van der Waals surface area contributed by atoms with Gasteiger partial charge in [-0.2, -0.15) is 0 Å². The van der Waals surface area contributed by atoms with E-state index in [0.717, 1.165) is 33.6 Å². The van der Waals surface area contributed by atoms with E-state index in [4.69, 9.17) is 9.47 Å². The molecule has 0 unspecified atom stereocenters. The zero-order valence-electron chi connectivity index (χ0n) is 14.8. The van der Waals surface area contributed by atoms with Crippen molar-refractivity contribution in [2.45, 2.75) is 26.7 Å². The van der Waals surface area contributed by atoms with Gasteiger partial charge in [0.25, 0.3) is 0 Å².